The first kappa shape index (κ1) is 18.4. The van der Waals surface area contributed by atoms with Crippen LogP contribution in [0.15, 0.2) is 48.5 Å². The molecule has 1 atom stereocenters. The Bertz CT molecular complexity index is 831. The van der Waals surface area contributed by atoms with Crippen molar-refractivity contribution in [3.8, 4) is 0 Å². The van der Waals surface area contributed by atoms with Gasteiger partial charge in [0.05, 0.1) is 5.02 Å². The molecule has 7 heteroatoms. The smallest absolute Gasteiger partial charge is 0.268 e. The van der Waals surface area contributed by atoms with Crippen molar-refractivity contribution in [3.63, 3.8) is 0 Å². The molecule has 2 amide bonds. The molecule has 26 heavy (non-hydrogen) atoms. The standard InChI is InChI=1S/C19H18ClFN2O3/c20-15-8-4-5-13(16(15)21)9-11-22-17(24)19(26)10-12-23(18(19)25)14-6-2-1-3-7-14/h1-8,26H,9-12H2,(H,22,24). The molecule has 0 spiro atoms. The van der Waals surface area contributed by atoms with Gasteiger partial charge in [0.1, 0.15) is 5.82 Å². The number of nitrogens with one attached hydrogen (secondary N) is 1. The van der Waals surface area contributed by atoms with Gasteiger partial charge in [0, 0.05) is 25.2 Å². The molecule has 136 valence electrons. The molecule has 1 heterocycles. The predicted octanol–water partition coefficient (Wildman–Crippen LogP) is 2.31. The van der Waals surface area contributed by atoms with Gasteiger partial charge < -0.3 is 15.3 Å². The summed E-state index contributed by atoms with van der Waals surface area (Å²) in [6.45, 7) is 0.326. The van der Waals surface area contributed by atoms with Crippen molar-refractivity contribution in [2.24, 2.45) is 0 Å². The molecule has 5 nitrogen and oxygen atoms in total. The number of rotatable bonds is 5. The average Bonchev–Trinajstić information content (AvgIpc) is 2.95. The van der Waals surface area contributed by atoms with Crippen molar-refractivity contribution in [1.29, 1.82) is 0 Å². The Balaban J connectivity index is 1.62. The van der Waals surface area contributed by atoms with Gasteiger partial charge in [-0.1, -0.05) is 41.9 Å². The molecule has 0 aromatic heterocycles. The summed E-state index contributed by atoms with van der Waals surface area (Å²) in [5.74, 6) is -1.96. The van der Waals surface area contributed by atoms with Crippen molar-refractivity contribution in [2.75, 3.05) is 18.0 Å². The van der Waals surface area contributed by atoms with E-state index >= 15 is 0 Å². The van der Waals surface area contributed by atoms with Crippen LogP contribution in [-0.4, -0.2) is 35.6 Å². The van der Waals surface area contributed by atoms with Crippen LogP contribution in [-0.2, 0) is 16.0 Å². The van der Waals surface area contributed by atoms with E-state index in [1.807, 2.05) is 6.07 Å². The number of hydrogen-bond donors (Lipinski definition) is 2. The van der Waals surface area contributed by atoms with E-state index in [1.165, 1.54) is 11.0 Å². The Morgan fingerprint density at radius 1 is 1.23 bits per heavy atom. The van der Waals surface area contributed by atoms with E-state index in [-0.39, 0.29) is 31.0 Å². The largest absolute Gasteiger partial charge is 0.372 e. The number of para-hydroxylation sites is 1. The van der Waals surface area contributed by atoms with Crippen LogP contribution in [0.3, 0.4) is 0 Å². The van der Waals surface area contributed by atoms with E-state index in [4.69, 9.17) is 11.6 Å². The van der Waals surface area contributed by atoms with E-state index in [0.29, 0.717) is 11.3 Å². The normalized spacial score (nSPS) is 19.7. The van der Waals surface area contributed by atoms with Gasteiger partial charge >= 0.3 is 0 Å². The lowest BCUT2D eigenvalue weighted by Gasteiger charge is -2.21. The van der Waals surface area contributed by atoms with Crippen molar-refractivity contribution < 1.29 is 19.1 Å². The topological polar surface area (TPSA) is 69.6 Å². The first-order valence-corrected chi connectivity index (χ1v) is 8.62. The summed E-state index contributed by atoms with van der Waals surface area (Å²) in [5.41, 5.74) is -1.13. The van der Waals surface area contributed by atoms with Gasteiger partial charge in [0.15, 0.2) is 0 Å². The molecule has 1 unspecified atom stereocenters. The molecule has 1 aliphatic heterocycles. The molecule has 1 aliphatic rings. The predicted molar refractivity (Wildman–Crippen MR) is 96.5 cm³/mol. The number of halogens is 2. The lowest BCUT2D eigenvalue weighted by molar-refractivity contribution is -0.149. The van der Waals surface area contributed by atoms with E-state index in [1.54, 1.807) is 36.4 Å². The second-order valence-electron chi connectivity index (χ2n) is 6.12. The molecular formula is C19H18ClFN2O3. The molecular weight excluding hydrogens is 359 g/mol. The summed E-state index contributed by atoms with van der Waals surface area (Å²) >= 11 is 5.72. The molecule has 1 fully saturated rings. The summed E-state index contributed by atoms with van der Waals surface area (Å²) in [6, 6.07) is 13.5. The Labute approximate surface area is 155 Å². The average molecular weight is 377 g/mol. The molecule has 2 aromatic carbocycles. The molecule has 0 aliphatic carbocycles. The van der Waals surface area contributed by atoms with Gasteiger partial charge in [-0.3, -0.25) is 9.59 Å². The number of amides is 2. The highest BCUT2D eigenvalue weighted by Gasteiger charge is 2.51. The highest BCUT2D eigenvalue weighted by Crippen LogP contribution is 2.28. The third kappa shape index (κ3) is 3.43. The number of carbonyl (C=O) groups is 2. The minimum absolute atomic E-state index is 0.00190. The second-order valence-corrected chi connectivity index (χ2v) is 6.53. The Kier molecular flexibility index (Phi) is 5.25. The maximum absolute atomic E-state index is 13.8. The van der Waals surface area contributed by atoms with Gasteiger partial charge in [-0.2, -0.15) is 0 Å². The number of nitrogens with zero attached hydrogens (tertiary/aromatic N) is 1. The van der Waals surface area contributed by atoms with Crippen molar-refractivity contribution in [2.45, 2.75) is 18.4 Å². The van der Waals surface area contributed by atoms with E-state index < -0.39 is 23.2 Å². The van der Waals surface area contributed by atoms with Gasteiger partial charge in [-0.05, 0) is 30.2 Å². The molecule has 2 aromatic rings. The Hall–Kier alpha value is -2.44. The zero-order chi connectivity index (χ0) is 18.7. The van der Waals surface area contributed by atoms with Gasteiger partial charge in [0.25, 0.3) is 11.8 Å². The first-order chi connectivity index (χ1) is 12.4. The molecule has 3 rings (SSSR count). The van der Waals surface area contributed by atoms with Gasteiger partial charge in [-0.25, -0.2) is 4.39 Å². The van der Waals surface area contributed by atoms with E-state index in [2.05, 4.69) is 5.32 Å². The first-order valence-electron chi connectivity index (χ1n) is 8.24. The van der Waals surface area contributed by atoms with Crippen molar-refractivity contribution in [3.05, 3.63) is 64.9 Å². The van der Waals surface area contributed by atoms with Crippen LogP contribution in [0.2, 0.25) is 5.02 Å². The van der Waals surface area contributed by atoms with Crippen molar-refractivity contribution >= 4 is 29.1 Å². The second kappa shape index (κ2) is 7.43. The molecule has 0 radical (unpaired) electrons. The number of carbonyl (C=O) groups excluding carboxylic acids is 2. The number of hydrogen-bond acceptors (Lipinski definition) is 3. The summed E-state index contributed by atoms with van der Waals surface area (Å²) in [5, 5.41) is 13.1. The monoisotopic (exact) mass is 376 g/mol. The highest BCUT2D eigenvalue weighted by atomic mass is 35.5. The van der Waals surface area contributed by atoms with Crippen LogP contribution in [0.5, 0.6) is 0 Å². The Morgan fingerprint density at radius 3 is 2.69 bits per heavy atom. The minimum atomic E-state index is -2.11. The molecule has 2 N–H and O–H groups in total. The van der Waals surface area contributed by atoms with Crippen molar-refractivity contribution in [1.82, 2.24) is 5.32 Å². The molecule has 0 bridgehead atoms. The lowest BCUT2D eigenvalue weighted by atomic mass is 10.0. The molecule has 1 saturated heterocycles. The zero-order valence-electron chi connectivity index (χ0n) is 13.9. The van der Waals surface area contributed by atoms with E-state index in [9.17, 15) is 19.1 Å². The zero-order valence-corrected chi connectivity index (χ0v) is 14.7. The maximum atomic E-state index is 13.8. The van der Waals surface area contributed by atoms with Gasteiger partial charge in [0.2, 0.25) is 5.60 Å². The van der Waals surface area contributed by atoms with Crippen LogP contribution in [0.4, 0.5) is 10.1 Å². The van der Waals surface area contributed by atoms with Crippen LogP contribution in [0, 0.1) is 5.82 Å². The fourth-order valence-corrected chi connectivity index (χ4v) is 3.16. The number of benzene rings is 2. The summed E-state index contributed by atoms with van der Waals surface area (Å²) < 4.78 is 13.8. The van der Waals surface area contributed by atoms with Crippen LogP contribution < -0.4 is 10.2 Å². The third-order valence-corrected chi connectivity index (χ3v) is 4.74. The fraction of sp³-hybridized carbons (Fsp3) is 0.263. The Morgan fingerprint density at radius 2 is 1.96 bits per heavy atom. The van der Waals surface area contributed by atoms with Crippen LogP contribution in [0.1, 0.15) is 12.0 Å². The molecule has 0 saturated carbocycles. The van der Waals surface area contributed by atoms with Crippen LogP contribution >= 0.6 is 11.6 Å². The quantitative estimate of drug-likeness (QED) is 0.787. The van der Waals surface area contributed by atoms with E-state index in [0.717, 1.165) is 0 Å². The summed E-state index contributed by atoms with van der Waals surface area (Å²) in [7, 11) is 0. The lowest BCUT2D eigenvalue weighted by Crippen LogP contribution is -2.52. The third-order valence-electron chi connectivity index (χ3n) is 4.45. The minimum Gasteiger partial charge on any atom is -0.372 e. The fourth-order valence-electron chi connectivity index (χ4n) is 2.97. The number of aliphatic hydroxyl groups is 1. The highest BCUT2D eigenvalue weighted by molar-refractivity contribution is 6.30. The summed E-state index contributed by atoms with van der Waals surface area (Å²) in [6.07, 6.45) is 0.197. The summed E-state index contributed by atoms with van der Waals surface area (Å²) in [4.78, 5) is 26.3. The maximum Gasteiger partial charge on any atom is 0.268 e. The van der Waals surface area contributed by atoms with Crippen LogP contribution in [0.25, 0.3) is 0 Å². The van der Waals surface area contributed by atoms with Gasteiger partial charge in [-0.15, -0.1) is 0 Å². The number of anilines is 1. The SMILES string of the molecule is O=C(NCCc1cccc(Cl)c1F)C1(O)CCN(c2ccccc2)C1=O.